The van der Waals surface area contributed by atoms with Gasteiger partial charge in [-0.15, -0.1) is 0 Å². The molecular formula is C41H61N3O6. The Bertz CT molecular complexity index is 1410. The van der Waals surface area contributed by atoms with Gasteiger partial charge in [-0.1, -0.05) is 45.9 Å². The van der Waals surface area contributed by atoms with Crippen molar-refractivity contribution in [3.63, 3.8) is 0 Å². The van der Waals surface area contributed by atoms with E-state index < -0.39 is 5.60 Å². The lowest BCUT2D eigenvalue weighted by molar-refractivity contribution is -0.0302. The van der Waals surface area contributed by atoms with E-state index in [-0.39, 0.29) is 18.8 Å². The minimum absolute atomic E-state index is 0.157. The van der Waals surface area contributed by atoms with Gasteiger partial charge in [0, 0.05) is 62.1 Å². The van der Waals surface area contributed by atoms with Gasteiger partial charge in [-0.25, -0.2) is 9.78 Å². The summed E-state index contributed by atoms with van der Waals surface area (Å²) in [5, 5.41) is 8.61. The summed E-state index contributed by atoms with van der Waals surface area (Å²) in [5.41, 5.74) is 6.88. The number of rotatable bonds is 12. The van der Waals surface area contributed by atoms with Gasteiger partial charge in [0.2, 0.25) is 5.88 Å². The second-order valence-corrected chi connectivity index (χ2v) is 13.9. The van der Waals surface area contributed by atoms with Crippen LogP contribution in [0.25, 0.3) is 22.3 Å². The number of carbonyl (C=O) groups excluding carboxylic acids is 1. The summed E-state index contributed by atoms with van der Waals surface area (Å²) >= 11 is 0. The molecule has 9 nitrogen and oxygen atoms in total. The SMILES string of the molecule is CC.CC(C)(C)OC(=O)N1CCC(OCCOCCCO)CC1.Cc1cc(-c2ccc(OC3CCC3)nc2)ccc1-c1cnccc1C(C)C. The Balaban J connectivity index is 0.000000266. The number of aliphatic hydroxyl groups is 1. The minimum Gasteiger partial charge on any atom is -0.474 e. The van der Waals surface area contributed by atoms with Crippen molar-refractivity contribution in [2.24, 2.45) is 0 Å². The van der Waals surface area contributed by atoms with Crippen LogP contribution in [0.15, 0.2) is 55.0 Å². The highest BCUT2D eigenvalue weighted by molar-refractivity contribution is 5.75. The zero-order valence-corrected chi connectivity index (χ0v) is 31.7. The Morgan fingerprint density at radius 1 is 0.920 bits per heavy atom. The van der Waals surface area contributed by atoms with E-state index in [4.69, 9.17) is 24.1 Å². The highest BCUT2D eigenvalue weighted by Gasteiger charge is 2.27. The molecule has 1 amide bonds. The lowest BCUT2D eigenvalue weighted by Crippen LogP contribution is -2.43. The lowest BCUT2D eigenvalue weighted by atomic mass is 9.91. The molecule has 3 aromatic rings. The Kier molecular flexibility index (Phi) is 17.2. The topological polar surface area (TPSA) is 103 Å². The van der Waals surface area contributed by atoms with Crippen LogP contribution in [0.2, 0.25) is 0 Å². The van der Waals surface area contributed by atoms with E-state index in [9.17, 15) is 4.79 Å². The van der Waals surface area contributed by atoms with Gasteiger partial charge in [0.1, 0.15) is 11.7 Å². The molecule has 0 unspecified atom stereocenters. The quantitative estimate of drug-likeness (QED) is 0.188. The maximum atomic E-state index is 11.9. The second-order valence-electron chi connectivity index (χ2n) is 13.9. The minimum atomic E-state index is -0.448. The zero-order chi connectivity index (χ0) is 36.5. The van der Waals surface area contributed by atoms with Gasteiger partial charge >= 0.3 is 6.09 Å². The first-order valence-electron chi connectivity index (χ1n) is 18.5. The van der Waals surface area contributed by atoms with E-state index >= 15 is 0 Å². The Morgan fingerprint density at radius 3 is 2.22 bits per heavy atom. The summed E-state index contributed by atoms with van der Waals surface area (Å²) in [6, 6.07) is 12.8. The van der Waals surface area contributed by atoms with E-state index in [0.717, 1.165) is 37.1 Å². The fourth-order valence-corrected chi connectivity index (χ4v) is 5.63. The third-order valence-electron chi connectivity index (χ3n) is 8.52. The monoisotopic (exact) mass is 691 g/mol. The highest BCUT2D eigenvalue weighted by atomic mass is 16.6. The maximum Gasteiger partial charge on any atom is 0.410 e. The number of hydrogen-bond donors (Lipinski definition) is 1. The molecule has 0 bridgehead atoms. The van der Waals surface area contributed by atoms with Gasteiger partial charge in [-0.2, -0.15) is 0 Å². The Morgan fingerprint density at radius 2 is 1.64 bits per heavy atom. The number of pyridine rings is 2. The number of ether oxygens (including phenoxy) is 4. The molecule has 0 spiro atoms. The van der Waals surface area contributed by atoms with Gasteiger partial charge in [0.25, 0.3) is 0 Å². The van der Waals surface area contributed by atoms with Crippen molar-refractivity contribution in [3.05, 3.63) is 66.1 Å². The number of likely N-dealkylation sites (tertiary alicyclic amines) is 1. The molecule has 9 heteroatoms. The number of piperidine rings is 1. The third kappa shape index (κ3) is 13.3. The molecule has 1 aliphatic carbocycles. The predicted molar refractivity (Wildman–Crippen MR) is 201 cm³/mol. The van der Waals surface area contributed by atoms with Crippen LogP contribution >= 0.6 is 0 Å². The summed E-state index contributed by atoms with van der Waals surface area (Å²) < 4.78 is 22.2. The van der Waals surface area contributed by atoms with Crippen molar-refractivity contribution >= 4 is 6.09 Å². The van der Waals surface area contributed by atoms with Crippen LogP contribution in [-0.2, 0) is 14.2 Å². The summed E-state index contributed by atoms with van der Waals surface area (Å²) in [4.78, 5) is 22.5. The smallest absolute Gasteiger partial charge is 0.410 e. The number of aromatic nitrogens is 2. The van der Waals surface area contributed by atoms with Crippen LogP contribution in [0.5, 0.6) is 5.88 Å². The van der Waals surface area contributed by atoms with Gasteiger partial charge in [-0.05, 0) is 107 Å². The van der Waals surface area contributed by atoms with Crippen molar-refractivity contribution in [1.29, 1.82) is 0 Å². The number of aliphatic hydroxyl groups excluding tert-OH is 1. The van der Waals surface area contributed by atoms with Gasteiger partial charge < -0.3 is 29.0 Å². The molecule has 1 aromatic carbocycles. The van der Waals surface area contributed by atoms with E-state index in [1.54, 1.807) is 4.90 Å². The summed E-state index contributed by atoms with van der Waals surface area (Å²) in [7, 11) is 0. The molecule has 50 heavy (non-hydrogen) atoms. The van der Waals surface area contributed by atoms with Gasteiger partial charge in [0.15, 0.2) is 0 Å². The first-order valence-corrected chi connectivity index (χ1v) is 18.5. The van der Waals surface area contributed by atoms with Crippen LogP contribution in [0, 0.1) is 6.92 Å². The van der Waals surface area contributed by atoms with Crippen molar-refractivity contribution < 1.29 is 28.8 Å². The Hall–Kier alpha value is -3.53. The van der Waals surface area contributed by atoms with Crippen molar-refractivity contribution in [2.45, 2.75) is 118 Å². The molecule has 1 aliphatic heterocycles. The average Bonchev–Trinajstić information content (AvgIpc) is 3.09. The molecule has 0 radical (unpaired) electrons. The van der Waals surface area contributed by atoms with Crippen molar-refractivity contribution in [3.8, 4) is 28.1 Å². The standard InChI is InChI=1S/C24H26N2O.C15H29NO5.C2H6/c1-16(2)21-11-12-25-15-23(21)22-9-7-18(13-17(22)3)19-8-10-24(26-14-19)27-20-5-4-6-20;1-15(2,3)21-14(18)16-7-5-13(6-8-16)20-12-11-19-10-4-9-17;1-2/h7-16,20H,4-6H2,1-3H3;13,17H,4-12H2,1-3H3;1-2H3. The zero-order valence-electron chi connectivity index (χ0n) is 31.7. The molecule has 3 heterocycles. The molecule has 2 aromatic heterocycles. The fourth-order valence-electron chi connectivity index (χ4n) is 5.63. The molecule has 2 aliphatic rings. The fraction of sp³-hybridized carbons (Fsp3) is 0.585. The summed E-state index contributed by atoms with van der Waals surface area (Å²) in [5.74, 6) is 1.20. The third-order valence-corrected chi connectivity index (χ3v) is 8.52. The van der Waals surface area contributed by atoms with Crippen LogP contribution < -0.4 is 4.74 Å². The van der Waals surface area contributed by atoms with Crippen molar-refractivity contribution in [2.75, 3.05) is 39.5 Å². The normalized spacial score (nSPS) is 15.0. The van der Waals surface area contributed by atoms with Crippen LogP contribution in [0.1, 0.15) is 104 Å². The number of nitrogens with zero attached hydrogens (tertiary/aromatic N) is 3. The van der Waals surface area contributed by atoms with E-state index in [2.05, 4.69) is 61.1 Å². The van der Waals surface area contributed by atoms with Crippen LogP contribution in [0.3, 0.4) is 0 Å². The molecule has 5 rings (SSSR count). The maximum absolute atomic E-state index is 11.9. The molecule has 1 saturated carbocycles. The molecule has 1 saturated heterocycles. The molecule has 0 atom stereocenters. The highest BCUT2D eigenvalue weighted by Crippen LogP contribution is 2.33. The molecule has 276 valence electrons. The van der Waals surface area contributed by atoms with E-state index in [1.807, 2.05) is 59.3 Å². The summed E-state index contributed by atoms with van der Waals surface area (Å²) in [6.45, 7) is 19.4. The summed E-state index contributed by atoms with van der Waals surface area (Å²) in [6.07, 6.45) is 12.0. The number of aryl methyl sites for hydroxylation is 1. The average molecular weight is 692 g/mol. The van der Waals surface area contributed by atoms with E-state index in [1.165, 1.54) is 34.2 Å². The molecule has 2 fully saturated rings. The van der Waals surface area contributed by atoms with Gasteiger partial charge in [0.05, 0.1) is 19.3 Å². The largest absolute Gasteiger partial charge is 0.474 e. The number of hydrogen-bond acceptors (Lipinski definition) is 8. The van der Waals surface area contributed by atoms with Crippen molar-refractivity contribution in [1.82, 2.24) is 14.9 Å². The van der Waals surface area contributed by atoms with Gasteiger partial charge in [-0.3, -0.25) is 4.98 Å². The second kappa shape index (κ2) is 21.0. The predicted octanol–water partition coefficient (Wildman–Crippen LogP) is 9.00. The Labute approximate surface area is 300 Å². The van der Waals surface area contributed by atoms with Crippen LogP contribution in [0.4, 0.5) is 4.79 Å². The first-order chi connectivity index (χ1) is 24.0. The number of amides is 1. The van der Waals surface area contributed by atoms with Crippen LogP contribution in [-0.4, -0.2) is 83.4 Å². The first kappa shape index (κ1) is 40.9. The lowest BCUT2D eigenvalue weighted by Gasteiger charge is -2.33. The van der Waals surface area contributed by atoms with E-state index in [0.29, 0.717) is 51.4 Å². The number of benzene rings is 1. The molecule has 1 N–H and O–H groups in total. The molecular weight excluding hydrogens is 630 g/mol. The number of carbonyl (C=O) groups is 1.